The molecule has 2 nitrogen and oxygen atoms in total. The molecule has 0 atom stereocenters. The molecule has 0 radical (unpaired) electrons. The van der Waals surface area contributed by atoms with Crippen LogP contribution in [-0.2, 0) is 12.0 Å². The molecule has 3 rings (SSSR count). The van der Waals surface area contributed by atoms with Gasteiger partial charge in [-0.15, -0.1) is 0 Å². The molecule has 1 fully saturated rings. The number of rotatable bonds is 5. The number of nitrogens with one attached hydrogen (secondary N) is 1. The van der Waals surface area contributed by atoms with Gasteiger partial charge >= 0.3 is 0 Å². The first-order valence-corrected chi connectivity index (χ1v) is 8.32. The van der Waals surface area contributed by atoms with Crippen molar-refractivity contribution in [2.24, 2.45) is 0 Å². The Morgan fingerprint density at radius 3 is 2.45 bits per heavy atom. The second-order valence-electron chi connectivity index (χ2n) is 6.21. The van der Waals surface area contributed by atoms with E-state index >= 15 is 0 Å². The number of hydrogen-bond donors (Lipinski definition) is 2. The Kier molecular flexibility index (Phi) is 4.70. The molecule has 2 N–H and O–H groups in total. The molecule has 0 unspecified atom stereocenters. The van der Waals surface area contributed by atoms with Gasteiger partial charge in [-0.25, -0.2) is 0 Å². The smallest absolute Gasteiger partial charge is 0.134 e. The number of phenolic OH excluding ortho intramolecular Hbond substituents is 1. The molecule has 2 aromatic carbocycles. The Morgan fingerprint density at radius 2 is 1.73 bits per heavy atom. The van der Waals surface area contributed by atoms with Crippen molar-refractivity contribution in [3.63, 3.8) is 0 Å². The van der Waals surface area contributed by atoms with Crippen molar-refractivity contribution in [3.8, 4) is 5.75 Å². The van der Waals surface area contributed by atoms with Crippen LogP contribution in [0.4, 0.5) is 0 Å². The Hall–Kier alpha value is -1.51. The van der Waals surface area contributed by atoms with Gasteiger partial charge in [0.25, 0.3) is 0 Å². The number of phenols is 1. The molecular formula is C19H22ClNO. The Bertz CT molecular complexity index is 621. The molecule has 22 heavy (non-hydrogen) atoms. The minimum atomic E-state index is 0.152. The van der Waals surface area contributed by atoms with E-state index in [9.17, 15) is 5.11 Å². The Balaban J connectivity index is 1.70. The molecule has 116 valence electrons. The van der Waals surface area contributed by atoms with Crippen LogP contribution >= 0.6 is 11.6 Å². The highest BCUT2D eigenvalue weighted by Crippen LogP contribution is 2.40. The minimum absolute atomic E-state index is 0.152. The molecule has 0 aliphatic heterocycles. The van der Waals surface area contributed by atoms with E-state index in [2.05, 4.69) is 35.6 Å². The average Bonchev–Trinajstić information content (AvgIpc) is 3.02. The maximum atomic E-state index is 9.68. The van der Waals surface area contributed by atoms with Gasteiger partial charge < -0.3 is 10.4 Å². The Labute approximate surface area is 137 Å². The summed E-state index contributed by atoms with van der Waals surface area (Å²) in [5, 5.41) is 13.7. The molecular weight excluding hydrogens is 294 g/mol. The molecule has 2 aromatic rings. The van der Waals surface area contributed by atoms with Gasteiger partial charge in [-0.1, -0.05) is 66.9 Å². The van der Waals surface area contributed by atoms with Crippen molar-refractivity contribution in [2.75, 3.05) is 6.54 Å². The van der Waals surface area contributed by atoms with E-state index in [4.69, 9.17) is 11.6 Å². The summed E-state index contributed by atoms with van der Waals surface area (Å²) in [6.07, 6.45) is 5.06. The van der Waals surface area contributed by atoms with Gasteiger partial charge in [0.15, 0.2) is 0 Å². The maximum absolute atomic E-state index is 9.68. The van der Waals surface area contributed by atoms with Crippen LogP contribution < -0.4 is 5.32 Å². The van der Waals surface area contributed by atoms with E-state index in [-0.39, 0.29) is 11.2 Å². The fourth-order valence-electron chi connectivity index (χ4n) is 3.55. The highest BCUT2D eigenvalue weighted by molar-refractivity contribution is 6.32. The van der Waals surface area contributed by atoms with Crippen LogP contribution in [0.3, 0.4) is 0 Å². The quantitative estimate of drug-likeness (QED) is 0.842. The summed E-state index contributed by atoms with van der Waals surface area (Å²) >= 11 is 6.15. The van der Waals surface area contributed by atoms with Crippen molar-refractivity contribution in [3.05, 3.63) is 64.7 Å². The number of halogens is 1. The summed E-state index contributed by atoms with van der Waals surface area (Å²) in [6.45, 7) is 1.63. The Morgan fingerprint density at radius 1 is 1.00 bits per heavy atom. The summed E-state index contributed by atoms with van der Waals surface area (Å²) in [5.41, 5.74) is 2.62. The second kappa shape index (κ2) is 6.72. The molecule has 0 heterocycles. The SMILES string of the molecule is Oc1cccc(CNCC2(c3ccccc3)CCCC2)c1Cl. The number of hydrogen-bond acceptors (Lipinski definition) is 2. The average molecular weight is 316 g/mol. The molecule has 0 saturated heterocycles. The first-order valence-electron chi connectivity index (χ1n) is 7.94. The lowest BCUT2D eigenvalue weighted by Crippen LogP contribution is -2.35. The lowest BCUT2D eigenvalue weighted by Gasteiger charge is -2.30. The standard InChI is InChI=1S/C19H22ClNO/c20-18-15(7-6-10-17(18)22)13-21-14-19(11-4-5-12-19)16-8-2-1-3-9-16/h1-3,6-10,21-22H,4-5,11-14H2. The van der Waals surface area contributed by atoms with Crippen LogP contribution in [0.1, 0.15) is 36.8 Å². The third kappa shape index (κ3) is 3.13. The van der Waals surface area contributed by atoms with E-state index in [0.29, 0.717) is 11.6 Å². The van der Waals surface area contributed by atoms with Crippen LogP contribution in [0.25, 0.3) is 0 Å². The predicted molar refractivity (Wildman–Crippen MR) is 91.4 cm³/mol. The van der Waals surface area contributed by atoms with Crippen molar-refractivity contribution < 1.29 is 5.11 Å². The van der Waals surface area contributed by atoms with Crippen molar-refractivity contribution in [1.29, 1.82) is 0 Å². The van der Waals surface area contributed by atoms with E-state index in [1.54, 1.807) is 6.07 Å². The molecule has 0 spiro atoms. The van der Waals surface area contributed by atoms with Crippen LogP contribution in [0.5, 0.6) is 5.75 Å². The fraction of sp³-hybridized carbons (Fsp3) is 0.368. The molecule has 3 heteroatoms. The van der Waals surface area contributed by atoms with Gasteiger partial charge in [0.05, 0.1) is 5.02 Å². The van der Waals surface area contributed by atoms with Crippen LogP contribution in [0, 0.1) is 0 Å². The zero-order chi connectivity index (χ0) is 15.4. The predicted octanol–water partition coefficient (Wildman–Crippen LogP) is 4.65. The van der Waals surface area contributed by atoms with Gasteiger partial charge in [0.2, 0.25) is 0 Å². The maximum Gasteiger partial charge on any atom is 0.134 e. The molecule has 0 amide bonds. The largest absolute Gasteiger partial charge is 0.506 e. The summed E-state index contributed by atoms with van der Waals surface area (Å²) in [5.74, 6) is 0.152. The molecule has 1 aliphatic carbocycles. The third-order valence-electron chi connectivity index (χ3n) is 4.78. The molecule has 0 aromatic heterocycles. The lowest BCUT2D eigenvalue weighted by molar-refractivity contribution is 0.404. The molecule has 1 aliphatic rings. The highest BCUT2D eigenvalue weighted by Gasteiger charge is 2.34. The van der Waals surface area contributed by atoms with E-state index in [1.807, 2.05) is 12.1 Å². The fourth-order valence-corrected chi connectivity index (χ4v) is 3.74. The van der Waals surface area contributed by atoms with Crippen LogP contribution in [0.15, 0.2) is 48.5 Å². The zero-order valence-corrected chi connectivity index (χ0v) is 13.4. The minimum Gasteiger partial charge on any atom is -0.506 e. The summed E-state index contributed by atoms with van der Waals surface area (Å²) < 4.78 is 0. The van der Waals surface area contributed by atoms with Gasteiger partial charge in [-0.3, -0.25) is 0 Å². The molecule has 1 saturated carbocycles. The van der Waals surface area contributed by atoms with E-state index in [1.165, 1.54) is 31.2 Å². The second-order valence-corrected chi connectivity index (χ2v) is 6.59. The van der Waals surface area contributed by atoms with Crippen molar-refractivity contribution in [2.45, 2.75) is 37.6 Å². The zero-order valence-electron chi connectivity index (χ0n) is 12.7. The van der Waals surface area contributed by atoms with Crippen LogP contribution in [0.2, 0.25) is 5.02 Å². The highest BCUT2D eigenvalue weighted by atomic mass is 35.5. The van der Waals surface area contributed by atoms with Gasteiger partial charge in [0, 0.05) is 18.5 Å². The van der Waals surface area contributed by atoms with Crippen molar-refractivity contribution >= 4 is 11.6 Å². The normalized spacial score (nSPS) is 16.8. The van der Waals surface area contributed by atoms with E-state index < -0.39 is 0 Å². The topological polar surface area (TPSA) is 32.3 Å². The molecule has 0 bridgehead atoms. The monoisotopic (exact) mass is 315 g/mol. The number of benzene rings is 2. The number of aromatic hydroxyl groups is 1. The van der Waals surface area contributed by atoms with E-state index in [0.717, 1.165) is 12.1 Å². The summed E-state index contributed by atoms with van der Waals surface area (Å²) in [4.78, 5) is 0. The van der Waals surface area contributed by atoms with Crippen LogP contribution in [-0.4, -0.2) is 11.7 Å². The summed E-state index contributed by atoms with van der Waals surface area (Å²) in [7, 11) is 0. The van der Waals surface area contributed by atoms with Gasteiger partial charge in [0.1, 0.15) is 5.75 Å². The van der Waals surface area contributed by atoms with Crippen molar-refractivity contribution in [1.82, 2.24) is 5.32 Å². The first kappa shape index (κ1) is 15.4. The lowest BCUT2D eigenvalue weighted by atomic mass is 9.79. The van der Waals surface area contributed by atoms with Gasteiger partial charge in [-0.2, -0.15) is 0 Å². The first-order chi connectivity index (χ1) is 10.7. The summed E-state index contributed by atoms with van der Waals surface area (Å²) in [6, 6.07) is 16.2. The van der Waals surface area contributed by atoms with Gasteiger partial charge in [-0.05, 0) is 30.0 Å². The third-order valence-corrected chi connectivity index (χ3v) is 5.22.